The first-order valence-corrected chi connectivity index (χ1v) is 10.9. The fourth-order valence-corrected chi connectivity index (χ4v) is 2.85. The van der Waals surface area contributed by atoms with Gasteiger partial charge in [0.2, 0.25) is 0 Å². The van der Waals surface area contributed by atoms with Gasteiger partial charge in [-0.3, -0.25) is 0 Å². The second-order valence-electron chi connectivity index (χ2n) is 7.56. The Morgan fingerprint density at radius 1 is 0.786 bits per heavy atom. The predicted molar refractivity (Wildman–Crippen MR) is 116 cm³/mol. The molecule has 0 saturated carbocycles. The average molecular weight is 385 g/mol. The summed E-state index contributed by atoms with van der Waals surface area (Å²) in [5, 5.41) is 0. The van der Waals surface area contributed by atoms with E-state index in [1.54, 1.807) is 12.4 Å². The predicted octanol–water partition coefficient (Wildman–Crippen LogP) is 6.70. The van der Waals surface area contributed by atoms with E-state index >= 15 is 0 Å². The summed E-state index contributed by atoms with van der Waals surface area (Å²) >= 11 is 0. The van der Waals surface area contributed by atoms with Gasteiger partial charge >= 0.3 is 0 Å². The summed E-state index contributed by atoms with van der Waals surface area (Å²) in [7, 11) is 0. The molecule has 0 bridgehead atoms. The van der Waals surface area contributed by atoms with Gasteiger partial charge in [0.25, 0.3) is 0 Å². The van der Waals surface area contributed by atoms with E-state index in [9.17, 15) is 0 Å². The Balaban J connectivity index is 1.71. The van der Waals surface area contributed by atoms with Crippen molar-refractivity contribution in [1.29, 1.82) is 0 Å². The van der Waals surface area contributed by atoms with Gasteiger partial charge in [-0.05, 0) is 36.6 Å². The molecule has 154 valence electrons. The van der Waals surface area contributed by atoms with Crippen LogP contribution in [0.5, 0.6) is 11.5 Å². The molecule has 4 nitrogen and oxygen atoms in total. The maximum absolute atomic E-state index is 5.80. The number of hydrogen-bond acceptors (Lipinski definition) is 4. The van der Waals surface area contributed by atoms with Gasteiger partial charge in [-0.1, -0.05) is 65.7 Å². The number of rotatable bonds is 14. The van der Waals surface area contributed by atoms with Crippen LogP contribution in [-0.2, 0) is 0 Å². The summed E-state index contributed by atoms with van der Waals surface area (Å²) in [4.78, 5) is 8.88. The van der Waals surface area contributed by atoms with Crippen LogP contribution in [0.2, 0.25) is 0 Å². The number of ether oxygens (including phenoxy) is 2. The van der Waals surface area contributed by atoms with Crippen molar-refractivity contribution in [1.82, 2.24) is 9.97 Å². The maximum Gasteiger partial charge on any atom is 0.159 e. The Morgan fingerprint density at radius 2 is 1.43 bits per heavy atom. The van der Waals surface area contributed by atoms with Gasteiger partial charge in [0.15, 0.2) is 11.6 Å². The zero-order chi connectivity index (χ0) is 20.0. The Hall–Kier alpha value is -2.10. The third-order valence-corrected chi connectivity index (χ3v) is 4.99. The highest BCUT2D eigenvalue weighted by Gasteiger charge is 2.04. The quantitative estimate of drug-likeness (QED) is 0.340. The molecule has 0 saturated heterocycles. The van der Waals surface area contributed by atoms with Crippen LogP contribution in [0.4, 0.5) is 0 Å². The minimum absolute atomic E-state index is 0.566. The molecule has 4 heteroatoms. The Bertz CT molecular complexity index is 641. The van der Waals surface area contributed by atoms with Crippen molar-refractivity contribution in [3.05, 3.63) is 36.7 Å². The zero-order valence-corrected chi connectivity index (χ0v) is 17.8. The van der Waals surface area contributed by atoms with Gasteiger partial charge in [0.05, 0.1) is 25.6 Å². The molecule has 1 aromatic heterocycles. The van der Waals surface area contributed by atoms with Crippen LogP contribution < -0.4 is 9.47 Å². The van der Waals surface area contributed by atoms with E-state index in [0.29, 0.717) is 11.7 Å². The first-order valence-electron chi connectivity index (χ1n) is 10.9. The Labute approximate surface area is 170 Å². The molecule has 0 aliphatic heterocycles. The van der Waals surface area contributed by atoms with E-state index in [1.807, 2.05) is 24.3 Å². The van der Waals surface area contributed by atoms with Crippen molar-refractivity contribution in [3.8, 4) is 22.9 Å². The highest BCUT2D eigenvalue weighted by atomic mass is 16.5. The lowest BCUT2D eigenvalue weighted by atomic mass is 10.1. The van der Waals surface area contributed by atoms with E-state index in [4.69, 9.17) is 9.47 Å². The molecule has 1 atom stereocenters. The van der Waals surface area contributed by atoms with Crippen LogP contribution in [0.1, 0.15) is 72.1 Å². The number of aromatic nitrogens is 2. The molecule has 0 aliphatic rings. The van der Waals surface area contributed by atoms with Crippen LogP contribution >= 0.6 is 0 Å². The molecule has 0 aliphatic carbocycles. The van der Waals surface area contributed by atoms with Crippen molar-refractivity contribution >= 4 is 0 Å². The molecule has 0 radical (unpaired) electrons. The number of benzene rings is 1. The monoisotopic (exact) mass is 384 g/mol. The molecule has 1 aromatic carbocycles. The van der Waals surface area contributed by atoms with Gasteiger partial charge in [0.1, 0.15) is 5.75 Å². The van der Waals surface area contributed by atoms with Crippen molar-refractivity contribution in [2.24, 2.45) is 5.92 Å². The van der Waals surface area contributed by atoms with Crippen molar-refractivity contribution < 1.29 is 9.47 Å². The lowest BCUT2D eigenvalue weighted by Gasteiger charge is -2.11. The third-order valence-electron chi connectivity index (χ3n) is 4.99. The molecule has 1 heterocycles. The SMILES string of the molecule is CCCCCCCCCOc1cnc(-c2ccc(OCC(C)CC)cc2)nc1. The molecular weight excluding hydrogens is 348 g/mol. The van der Waals surface area contributed by atoms with E-state index < -0.39 is 0 Å². The standard InChI is InChI=1S/C24H36N2O2/c1-4-6-7-8-9-10-11-16-27-23-17-25-24(26-18-23)21-12-14-22(15-13-21)28-19-20(3)5-2/h12-15,17-18,20H,4-11,16,19H2,1-3H3. The fourth-order valence-electron chi connectivity index (χ4n) is 2.85. The van der Waals surface area contributed by atoms with Crippen LogP contribution in [0.3, 0.4) is 0 Å². The van der Waals surface area contributed by atoms with Gasteiger partial charge in [-0.2, -0.15) is 0 Å². The second kappa shape index (κ2) is 13.1. The van der Waals surface area contributed by atoms with Gasteiger partial charge < -0.3 is 9.47 Å². The van der Waals surface area contributed by atoms with Crippen LogP contribution in [0, 0.1) is 5.92 Å². The molecule has 0 amide bonds. The lowest BCUT2D eigenvalue weighted by Crippen LogP contribution is -2.07. The summed E-state index contributed by atoms with van der Waals surface area (Å²) in [6, 6.07) is 7.96. The normalized spacial score (nSPS) is 12.0. The van der Waals surface area contributed by atoms with E-state index in [0.717, 1.165) is 43.1 Å². The fraction of sp³-hybridized carbons (Fsp3) is 0.583. The van der Waals surface area contributed by atoms with Crippen LogP contribution in [0.25, 0.3) is 11.4 Å². The average Bonchev–Trinajstić information content (AvgIpc) is 2.74. The topological polar surface area (TPSA) is 44.2 Å². The molecule has 28 heavy (non-hydrogen) atoms. The molecule has 0 spiro atoms. The van der Waals surface area contributed by atoms with Crippen molar-refractivity contribution in [2.75, 3.05) is 13.2 Å². The third kappa shape index (κ3) is 8.28. The summed E-state index contributed by atoms with van der Waals surface area (Å²) in [6.07, 6.45) is 13.6. The number of hydrogen-bond donors (Lipinski definition) is 0. The largest absolute Gasteiger partial charge is 0.493 e. The molecule has 2 rings (SSSR count). The van der Waals surface area contributed by atoms with Crippen molar-refractivity contribution in [3.63, 3.8) is 0 Å². The van der Waals surface area contributed by atoms with E-state index in [1.165, 1.54) is 38.5 Å². The minimum Gasteiger partial charge on any atom is -0.493 e. The van der Waals surface area contributed by atoms with E-state index in [-0.39, 0.29) is 0 Å². The molecule has 2 aromatic rings. The number of unbranched alkanes of at least 4 members (excludes halogenated alkanes) is 6. The highest BCUT2D eigenvalue weighted by molar-refractivity contribution is 5.56. The Morgan fingerprint density at radius 3 is 2.07 bits per heavy atom. The zero-order valence-electron chi connectivity index (χ0n) is 17.8. The second-order valence-corrected chi connectivity index (χ2v) is 7.56. The summed E-state index contributed by atoms with van der Waals surface area (Å²) < 4.78 is 11.6. The summed E-state index contributed by atoms with van der Waals surface area (Å²) in [5.41, 5.74) is 0.981. The summed E-state index contributed by atoms with van der Waals surface area (Å²) in [5.74, 6) is 2.90. The van der Waals surface area contributed by atoms with Crippen LogP contribution in [-0.4, -0.2) is 23.2 Å². The van der Waals surface area contributed by atoms with Gasteiger partial charge in [-0.15, -0.1) is 0 Å². The first-order chi connectivity index (χ1) is 13.7. The number of nitrogens with zero attached hydrogens (tertiary/aromatic N) is 2. The van der Waals surface area contributed by atoms with Gasteiger partial charge in [-0.25, -0.2) is 9.97 Å². The Kier molecular flexibility index (Phi) is 10.4. The molecule has 0 N–H and O–H groups in total. The molecular formula is C24H36N2O2. The summed E-state index contributed by atoms with van der Waals surface area (Å²) in [6.45, 7) is 8.10. The van der Waals surface area contributed by atoms with Gasteiger partial charge in [0, 0.05) is 5.56 Å². The lowest BCUT2D eigenvalue weighted by molar-refractivity contribution is 0.256. The first kappa shape index (κ1) is 22.2. The van der Waals surface area contributed by atoms with Crippen molar-refractivity contribution in [2.45, 2.75) is 72.1 Å². The molecule has 1 unspecified atom stereocenters. The smallest absolute Gasteiger partial charge is 0.159 e. The molecule has 0 fully saturated rings. The highest BCUT2D eigenvalue weighted by Crippen LogP contribution is 2.21. The van der Waals surface area contributed by atoms with Crippen LogP contribution in [0.15, 0.2) is 36.7 Å². The van der Waals surface area contributed by atoms with E-state index in [2.05, 4.69) is 30.7 Å². The maximum atomic E-state index is 5.80. The minimum atomic E-state index is 0.566.